The highest BCUT2D eigenvalue weighted by Gasteiger charge is 2.46. The number of aliphatic hydroxyl groups excluding tert-OH is 3. The van der Waals surface area contributed by atoms with Crippen molar-refractivity contribution in [3.63, 3.8) is 0 Å². The van der Waals surface area contributed by atoms with E-state index in [0.717, 1.165) is 11.1 Å². The second-order valence-electron chi connectivity index (χ2n) is 6.78. The van der Waals surface area contributed by atoms with E-state index in [1.54, 1.807) is 18.2 Å². The second kappa shape index (κ2) is 7.81. The summed E-state index contributed by atoms with van der Waals surface area (Å²) < 4.78 is 16.6. The van der Waals surface area contributed by atoms with Crippen LogP contribution in [0.25, 0.3) is 0 Å². The Balaban J connectivity index is 1.80. The van der Waals surface area contributed by atoms with Gasteiger partial charge in [0, 0.05) is 13.0 Å². The summed E-state index contributed by atoms with van der Waals surface area (Å²) in [5.74, 6) is -0.468. The summed E-state index contributed by atoms with van der Waals surface area (Å²) in [4.78, 5) is 23.1. The molecular formula is C18H23NO8. The van der Waals surface area contributed by atoms with Crippen LogP contribution < -0.4 is 5.32 Å². The first kappa shape index (κ1) is 19.6. The highest BCUT2D eigenvalue weighted by molar-refractivity contribution is 5.76. The zero-order chi connectivity index (χ0) is 19.7. The maximum Gasteiger partial charge on any atom is 0.310 e. The first-order valence-electron chi connectivity index (χ1n) is 8.65. The predicted molar refractivity (Wildman–Crippen MR) is 90.9 cm³/mol. The molecule has 27 heavy (non-hydrogen) atoms. The Hall–Kier alpha value is -2.20. The third kappa shape index (κ3) is 4.06. The van der Waals surface area contributed by atoms with Crippen LogP contribution >= 0.6 is 0 Å². The molecule has 2 heterocycles. The van der Waals surface area contributed by atoms with Gasteiger partial charge in [-0.2, -0.15) is 0 Å². The van der Waals surface area contributed by atoms with Crippen molar-refractivity contribution in [3.8, 4) is 0 Å². The number of allylic oxidation sites excluding steroid dienone is 1. The van der Waals surface area contributed by atoms with E-state index in [4.69, 9.17) is 14.2 Å². The maximum atomic E-state index is 11.6. The van der Waals surface area contributed by atoms with Crippen LogP contribution in [0, 0.1) is 0 Å². The first-order chi connectivity index (χ1) is 12.8. The monoisotopic (exact) mass is 381 g/mol. The summed E-state index contributed by atoms with van der Waals surface area (Å²) in [6.07, 6.45) is -0.352. The van der Waals surface area contributed by atoms with Crippen molar-refractivity contribution in [1.82, 2.24) is 5.32 Å². The summed E-state index contributed by atoms with van der Waals surface area (Å²) in [5.41, 5.74) is 1.78. The quantitative estimate of drug-likeness (QED) is 0.457. The predicted octanol–water partition coefficient (Wildman–Crippen LogP) is -0.968. The van der Waals surface area contributed by atoms with Gasteiger partial charge in [0.05, 0.1) is 13.0 Å². The number of aliphatic hydroxyl groups is 3. The van der Waals surface area contributed by atoms with Crippen molar-refractivity contribution in [3.05, 3.63) is 35.1 Å². The van der Waals surface area contributed by atoms with Crippen molar-refractivity contribution < 1.29 is 39.1 Å². The Bertz CT molecular complexity index is 712. The number of hydrogen-bond donors (Lipinski definition) is 4. The van der Waals surface area contributed by atoms with Crippen molar-refractivity contribution in [1.29, 1.82) is 0 Å². The van der Waals surface area contributed by atoms with Gasteiger partial charge in [-0.1, -0.05) is 11.6 Å². The maximum absolute atomic E-state index is 11.6. The third-order valence-electron chi connectivity index (χ3n) is 4.71. The number of nitrogens with one attached hydrogen (secondary N) is 1. The molecule has 0 aromatic carbocycles. The molecule has 4 N–H and O–H groups in total. The lowest BCUT2D eigenvalue weighted by molar-refractivity contribution is -0.258. The van der Waals surface area contributed by atoms with Gasteiger partial charge in [-0.3, -0.25) is 9.59 Å². The van der Waals surface area contributed by atoms with Gasteiger partial charge in [-0.25, -0.2) is 0 Å². The molecule has 0 aromatic rings. The smallest absolute Gasteiger partial charge is 0.310 e. The van der Waals surface area contributed by atoms with Crippen molar-refractivity contribution in [2.45, 2.75) is 57.0 Å². The van der Waals surface area contributed by atoms with Crippen LogP contribution in [-0.2, 0) is 23.8 Å². The van der Waals surface area contributed by atoms with Crippen LogP contribution in [0.1, 0.15) is 20.3 Å². The van der Waals surface area contributed by atoms with E-state index >= 15 is 0 Å². The van der Waals surface area contributed by atoms with Gasteiger partial charge in [0.25, 0.3) is 0 Å². The van der Waals surface area contributed by atoms with E-state index in [2.05, 4.69) is 5.32 Å². The van der Waals surface area contributed by atoms with Gasteiger partial charge < -0.3 is 34.8 Å². The zero-order valence-electron chi connectivity index (χ0n) is 15.0. The van der Waals surface area contributed by atoms with E-state index < -0.39 is 49.3 Å². The molecule has 3 aliphatic rings. The number of carbonyl (C=O) groups is 2. The molecule has 1 saturated heterocycles. The number of esters is 1. The molecule has 3 rings (SSSR count). The van der Waals surface area contributed by atoms with Gasteiger partial charge in [0.1, 0.15) is 36.2 Å². The number of ether oxygens (including phenoxy) is 3. The highest BCUT2D eigenvalue weighted by Crippen LogP contribution is 2.31. The minimum Gasteiger partial charge on any atom is -0.463 e. The van der Waals surface area contributed by atoms with Crippen LogP contribution in [0.5, 0.6) is 0 Å². The summed E-state index contributed by atoms with van der Waals surface area (Å²) in [5, 5.41) is 32.2. The molecule has 0 aromatic heterocycles. The van der Waals surface area contributed by atoms with Crippen LogP contribution in [0.4, 0.5) is 0 Å². The summed E-state index contributed by atoms with van der Waals surface area (Å²) in [6, 6.07) is -1.05. The summed E-state index contributed by atoms with van der Waals surface area (Å²) in [6.45, 7) is 2.58. The van der Waals surface area contributed by atoms with Crippen LogP contribution in [0.3, 0.4) is 0 Å². The van der Waals surface area contributed by atoms with Crippen molar-refractivity contribution in [2.24, 2.45) is 0 Å². The molecule has 6 atom stereocenters. The lowest BCUT2D eigenvalue weighted by atomic mass is 9.94. The number of carbonyl (C=O) groups excluding carboxylic acids is 2. The molecule has 0 unspecified atom stereocenters. The van der Waals surface area contributed by atoms with E-state index in [9.17, 15) is 24.9 Å². The number of fused-ring (bicyclic) bond motifs is 1. The Morgan fingerprint density at radius 1 is 1.33 bits per heavy atom. The summed E-state index contributed by atoms with van der Waals surface area (Å²) >= 11 is 0. The minimum absolute atomic E-state index is 0.235. The van der Waals surface area contributed by atoms with E-state index in [0.29, 0.717) is 5.76 Å². The molecule has 2 aliphatic heterocycles. The van der Waals surface area contributed by atoms with E-state index in [1.165, 1.54) is 6.92 Å². The van der Waals surface area contributed by atoms with Crippen LogP contribution in [0.2, 0.25) is 0 Å². The lowest BCUT2D eigenvalue weighted by Gasteiger charge is -2.42. The normalized spacial score (nSPS) is 35.9. The Kier molecular flexibility index (Phi) is 5.66. The van der Waals surface area contributed by atoms with Gasteiger partial charge in [0.15, 0.2) is 0 Å². The molecule has 0 spiro atoms. The largest absolute Gasteiger partial charge is 0.463 e. The minimum atomic E-state index is -1.40. The third-order valence-corrected chi connectivity index (χ3v) is 4.71. The fourth-order valence-electron chi connectivity index (χ4n) is 3.33. The molecular weight excluding hydrogens is 358 g/mol. The van der Waals surface area contributed by atoms with Crippen LogP contribution in [0.15, 0.2) is 35.1 Å². The molecule has 1 fully saturated rings. The second-order valence-corrected chi connectivity index (χ2v) is 6.78. The fraction of sp³-hybridized carbons (Fsp3) is 0.556. The lowest BCUT2D eigenvalue weighted by Crippen LogP contribution is -2.64. The van der Waals surface area contributed by atoms with Crippen molar-refractivity contribution in [2.75, 3.05) is 6.61 Å². The summed E-state index contributed by atoms with van der Waals surface area (Å²) in [7, 11) is 0. The van der Waals surface area contributed by atoms with Gasteiger partial charge in [0.2, 0.25) is 12.2 Å². The average molecular weight is 381 g/mol. The Morgan fingerprint density at radius 3 is 2.74 bits per heavy atom. The fourth-order valence-corrected chi connectivity index (χ4v) is 3.33. The topological polar surface area (TPSA) is 135 Å². The molecule has 1 amide bonds. The van der Waals surface area contributed by atoms with E-state index in [-0.39, 0.29) is 12.4 Å². The van der Waals surface area contributed by atoms with Gasteiger partial charge in [-0.15, -0.1) is 0 Å². The Morgan fingerprint density at radius 2 is 2.07 bits per heavy atom. The number of amides is 1. The molecule has 0 radical (unpaired) electrons. The first-order valence-corrected chi connectivity index (χ1v) is 8.65. The Labute approximate surface area is 155 Å². The highest BCUT2D eigenvalue weighted by atomic mass is 16.7. The molecule has 9 nitrogen and oxygen atoms in total. The average Bonchev–Trinajstić information content (AvgIpc) is 2.60. The SMILES string of the molecule is CC(=O)N[C@H]1[C@H](OC2=C[C@@H]3OC(=O)CC(C)=C3C=C2)O[C@@H](CO)[C@@H](O)[C@H]1O. The van der Waals surface area contributed by atoms with Gasteiger partial charge >= 0.3 is 5.97 Å². The van der Waals surface area contributed by atoms with Crippen molar-refractivity contribution >= 4 is 11.9 Å². The van der Waals surface area contributed by atoms with Gasteiger partial charge in [-0.05, 0) is 18.6 Å². The standard InChI is InChI=1S/C18H23NO8/c1-8-5-14(22)26-12-6-10(3-4-11(8)12)25-18-15(19-9(2)21)17(24)16(23)13(7-20)27-18/h3-4,6,12-13,15-18,20,23-24H,5,7H2,1-2H3,(H,19,21)/t12-,13-,15+,16+,17-,18+/m0/s1. The molecule has 1 aliphatic carbocycles. The molecule has 9 heteroatoms. The number of rotatable bonds is 4. The van der Waals surface area contributed by atoms with Crippen LogP contribution in [-0.4, -0.2) is 70.6 Å². The zero-order valence-corrected chi connectivity index (χ0v) is 15.0. The number of hydrogen-bond acceptors (Lipinski definition) is 8. The molecule has 148 valence electrons. The molecule has 0 saturated carbocycles. The van der Waals surface area contributed by atoms with E-state index in [1.807, 2.05) is 6.92 Å². The molecule has 0 bridgehead atoms.